The van der Waals surface area contributed by atoms with Crippen LogP contribution in [0.5, 0.6) is 5.75 Å². The van der Waals surface area contributed by atoms with Crippen LogP contribution in [0.2, 0.25) is 0 Å². The van der Waals surface area contributed by atoms with Gasteiger partial charge in [-0.05, 0) is 56.4 Å². The van der Waals surface area contributed by atoms with Crippen molar-refractivity contribution in [1.82, 2.24) is 0 Å². The third kappa shape index (κ3) is 4.82. The zero-order chi connectivity index (χ0) is 17.5. The largest absolute Gasteiger partial charge is 0.493 e. The summed E-state index contributed by atoms with van der Waals surface area (Å²) in [7, 11) is 0. The van der Waals surface area contributed by atoms with Gasteiger partial charge in [-0.25, -0.2) is 0 Å². The number of rotatable bonds is 5. The van der Waals surface area contributed by atoms with Crippen LogP contribution in [0.3, 0.4) is 0 Å². The summed E-state index contributed by atoms with van der Waals surface area (Å²) in [6.45, 7) is 3.05. The molecule has 0 fully saturated rings. The van der Waals surface area contributed by atoms with Crippen molar-refractivity contribution in [2.45, 2.75) is 39.0 Å². The van der Waals surface area contributed by atoms with Gasteiger partial charge >= 0.3 is 0 Å². The average Bonchev–Trinajstić information content (AvgIpc) is 2.64. The maximum Gasteiger partial charge on any atom is 0.193 e. The first-order valence-electron chi connectivity index (χ1n) is 9.14. The van der Waals surface area contributed by atoms with Gasteiger partial charge in [0.1, 0.15) is 5.75 Å². The van der Waals surface area contributed by atoms with Gasteiger partial charge in [0.25, 0.3) is 0 Å². The first-order valence-corrected chi connectivity index (χ1v) is 9.14. The number of allylic oxidation sites excluding steroid dienone is 2. The minimum Gasteiger partial charge on any atom is -0.493 e. The highest BCUT2D eigenvalue weighted by Crippen LogP contribution is 2.32. The molecule has 3 rings (SSSR count). The molecule has 0 radical (unpaired) electrons. The second-order valence-corrected chi connectivity index (χ2v) is 7.22. The molecule has 2 aromatic rings. The highest BCUT2D eigenvalue weighted by atomic mass is 16.5. The van der Waals surface area contributed by atoms with Gasteiger partial charge in [0.05, 0.1) is 6.61 Å². The molecule has 0 N–H and O–H groups in total. The van der Waals surface area contributed by atoms with Gasteiger partial charge in [-0.15, -0.1) is 0 Å². The van der Waals surface area contributed by atoms with Crippen LogP contribution < -0.4 is 4.74 Å². The Labute approximate surface area is 150 Å². The van der Waals surface area contributed by atoms with Crippen molar-refractivity contribution in [3.05, 3.63) is 77.9 Å². The van der Waals surface area contributed by atoms with Gasteiger partial charge in [0.15, 0.2) is 5.78 Å². The van der Waals surface area contributed by atoms with E-state index in [2.05, 4.69) is 19.1 Å². The van der Waals surface area contributed by atoms with Crippen LogP contribution in [0.15, 0.2) is 66.7 Å². The molecule has 0 aliphatic heterocycles. The predicted octanol–water partition coefficient (Wildman–Crippen LogP) is 5.82. The van der Waals surface area contributed by atoms with E-state index in [1.807, 2.05) is 54.6 Å². The predicted molar refractivity (Wildman–Crippen MR) is 102 cm³/mol. The van der Waals surface area contributed by atoms with Gasteiger partial charge in [-0.1, -0.05) is 49.4 Å². The van der Waals surface area contributed by atoms with E-state index in [1.165, 1.54) is 19.3 Å². The minimum absolute atomic E-state index is 0.0471. The van der Waals surface area contributed by atoms with Crippen LogP contribution in [0.4, 0.5) is 0 Å². The molecule has 2 aromatic carbocycles. The molecule has 130 valence electrons. The highest BCUT2D eigenvalue weighted by molar-refractivity contribution is 6.08. The van der Waals surface area contributed by atoms with E-state index in [1.54, 1.807) is 0 Å². The van der Waals surface area contributed by atoms with Crippen molar-refractivity contribution in [3.63, 3.8) is 0 Å². The van der Waals surface area contributed by atoms with Gasteiger partial charge in [-0.3, -0.25) is 4.79 Å². The molecular weight excluding hydrogens is 308 g/mol. The van der Waals surface area contributed by atoms with E-state index in [4.69, 9.17) is 4.74 Å². The second-order valence-electron chi connectivity index (χ2n) is 7.22. The van der Waals surface area contributed by atoms with Crippen LogP contribution in [-0.2, 0) is 0 Å². The number of ketones is 1. The Morgan fingerprint density at radius 2 is 1.60 bits per heavy atom. The number of hydrogen-bond donors (Lipinski definition) is 0. The Balaban J connectivity index is 1.61. The lowest BCUT2D eigenvalue weighted by Crippen LogP contribution is -2.25. The van der Waals surface area contributed by atoms with Gasteiger partial charge in [0.2, 0.25) is 0 Å². The van der Waals surface area contributed by atoms with Gasteiger partial charge in [0, 0.05) is 16.5 Å². The number of benzene rings is 2. The Hall–Kier alpha value is -2.35. The number of ether oxygens (including phenoxy) is 1. The van der Waals surface area contributed by atoms with Crippen molar-refractivity contribution in [2.75, 3.05) is 6.61 Å². The van der Waals surface area contributed by atoms with E-state index in [9.17, 15) is 4.79 Å². The molecule has 25 heavy (non-hydrogen) atoms. The van der Waals surface area contributed by atoms with Crippen molar-refractivity contribution in [3.8, 4) is 5.75 Å². The molecule has 1 atom stereocenters. The fourth-order valence-corrected chi connectivity index (χ4v) is 3.30. The normalized spacial score (nSPS) is 21.8. The topological polar surface area (TPSA) is 26.3 Å². The summed E-state index contributed by atoms with van der Waals surface area (Å²) in [5.74, 6) is 0.884. The van der Waals surface area contributed by atoms with Crippen molar-refractivity contribution in [2.24, 2.45) is 5.41 Å². The third-order valence-corrected chi connectivity index (χ3v) is 4.97. The summed E-state index contributed by atoms with van der Waals surface area (Å²) >= 11 is 0. The van der Waals surface area contributed by atoms with Crippen molar-refractivity contribution < 1.29 is 9.53 Å². The van der Waals surface area contributed by atoms with Crippen LogP contribution in [0, 0.1) is 5.41 Å². The van der Waals surface area contributed by atoms with Crippen LogP contribution in [0.25, 0.3) is 0 Å². The Morgan fingerprint density at radius 1 is 0.920 bits per heavy atom. The molecule has 2 nitrogen and oxygen atoms in total. The van der Waals surface area contributed by atoms with Crippen LogP contribution in [-0.4, -0.2) is 12.4 Å². The number of carbonyl (C=O) groups is 1. The Morgan fingerprint density at radius 3 is 2.36 bits per heavy atom. The fourth-order valence-electron chi connectivity index (χ4n) is 3.30. The lowest BCUT2D eigenvalue weighted by molar-refractivity contribution is 0.103. The maximum absolute atomic E-state index is 12.4. The molecule has 1 unspecified atom stereocenters. The molecule has 0 saturated heterocycles. The van der Waals surface area contributed by atoms with E-state index in [0.29, 0.717) is 11.1 Å². The van der Waals surface area contributed by atoms with Crippen LogP contribution >= 0.6 is 0 Å². The van der Waals surface area contributed by atoms with E-state index in [-0.39, 0.29) is 11.2 Å². The van der Waals surface area contributed by atoms with Crippen molar-refractivity contribution in [1.29, 1.82) is 0 Å². The number of carbonyl (C=O) groups excluding carboxylic acids is 1. The van der Waals surface area contributed by atoms with Gasteiger partial charge in [-0.2, -0.15) is 0 Å². The summed E-state index contributed by atoms with van der Waals surface area (Å²) in [5.41, 5.74) is 1.63. The minimum atomic E-state index is 0.0471. The maximum atomic E-state index is 12.4. The third-order valence-electron chi connectivity index (χ3n) is 4.97. The quantitative estimate of drug-likeness (QED) is 0.508. The molecule has 0 saturated carbocycles. The van der Waals surface area contributed by atoms with E-state index < -0.39 is 0 Å². The second kappa shape index (κ2) is 8.15. The SMILES string of the molecule is CC1(COc2ccc(C(=O)c3ccccc3)cc2)CC/C=C\CCC1. The lowest BCUT2D eigenvalue weighted by Gasteiger charge is -2.30. The smallest absolute Gasteiger partial charge is 0.193 e. The van der Waals surface area contributed by atoms with E-state index >= 15 is 0 Å². The molecular formula is C23H26O2. The molecule has 0 bridgehead atoms. The zero-order valence-corrected chi connectivity index (χ0v) is 14.9. The zero-order valence-electron chi connectivity index (χ0n) is 14.9. The molecule has 0 heterocycles. The Kier molecular flexibility index (Phi) is 5.70. The standard InChI is InChI=1S/C23H26O2/c1-23(16-8-3-2-4-9-17-23)18-25-21-14-12-20(13-15-21)22(24)19-10-6-5-7-11-19/h2-3,5-7,10-15H,4,8-9,16-18H2,1H3/b3-2-. The molecule has 0 spiro atoms. The van der Waals surface area contributed by atoms with Gasteiger partial charge < -0.3 is 4.74 Å². The highest BCUT2D eigenvalue weighted by Gasteiger charge is 2.25. The van der Waals surface area contributed by atoms with Crippen molar-refractivity contribution >= 4 is 5.78 Å². The Bertz CT molecular complexity index is 716. The summed E-state index contributed by atoms with van der Waals surface area (Å²) in [5, 5.41) is 0. The number of hydrogen-bond acceptors (Lipinski definition) is 2. The van der Waals surface area contributed by atoms with Crippen LogP contribution in [0.1, 0.15) is 54.9 Å². The summed E-state index contributed by atoms with van der Waals surface area (Å²) in [6, 6.07) is 16.9. The lowest BCUT2D eigenvalue weighted by atomic mass is 9.80. The molecule has 1 aliphatic rings. The summed E-state index contributed by atoms with van der Waals surface area (Å²) < 4.78 is 6.05. The first-order chi connectivity index (χ1) is 12.2. The fraction of sp³-hybridized carbons (Fsp3) is 0.348. The molecule has 2 heteroatoms. The average molecular weight is 334 g/mol. The summed E-state index contributed by atoms with van der Waals surface area (Å²) in [6.07, 6.45) is 10.5. The monoisotopic (exact) mass is 334 g/mol. The molecule has 0 aromatic heterocycles. The first kappa shape index (κ1) is 17.5. The molecule has 1 aliphatic carbocycles. The summed E-state index contributed by atoms with van der Waals surface area (Å²) in [4.78, 5) is 12.4. The van der Waals surface area contributed by atoms with E-state index in [0.717, 1.165) is 25.2 Å². The molecule has 0 amide bonds.